The van der Waals surface area contributed by atoms with Gasteiger partial charge in [-0.3, -0.25) is 9.59 Å². The molecule has 0 aromatic carbocycles. The Labute approximate surface area is 111 Å². The third kappa shape index (κ3) is 11.4. The van der Waals surface area contributed by atoms with Crippen LogP contribution in [0.25, 0.3) is 0 Å². The molecule has 3 nitrogen and oxygen atoms in total. The van der Waals surface area contributed by atoms with Crippen molar-refractivity contribution in [3.63, 3.8) is 0 Å². The lowest BCUT2D eigenvalue weighted by atomic mass is 10.1. The highest BCUT2D eigenvalue weighted by atomic mass is 16.5. The summed E-state index contributed by atoms with van der Waals surface area (Å²) in [4.78, 5) is 22.4. The fourth-order valence-corrected chi connectivity index (χ4v) is 1.70. The van der Waals surface area contributed by atoms with Crippen LogP contribution in [-0.4, -0.2) is 18.9 Å². The summed E-state index contributed by atoms with van der Waals surface area (Å²) in [6.45, 7) is 2.11. The highest BCUT2D eigenvalue weighted by Gasteiger charge is 2.03. The minimum atomic E-state index is -0.163. The SMILES string of the molecule is CC/C=C/CCCC(=O)CCCCCC(=O)OC. The van der Waals surface area contributed by atoms with Crippen molar-refractivity contribution < 1.29 is 14.3 Å². The van der Waals surface area contributed by atoms with E-state index in [4.69, 9.17) is 0 Å². The van der Waals surface area contributed by atoms with Gasteiger partial charge in [0.15, 0.2) is 0 Å². The Balaban J connectivity index is 3.32. The molecule has 3 heteroatoms. The lowest BCUT2D eigenvalue weighted by Gasteiger charge is -2.01. The van der Waals surface area contributed by atoms with Crippen molar-refractivity contribution in [2.45, 2.75) is 64.7 Å². The second-order valence-electron chi connectivity index (χ2n) is 4.45. The van der Waals surface area contributed by atoms with Gasteiger partial charge in [-0.2, -0.15) is 0 Å². The van der Waals surface area contributed by atoms with Crippen LogP contribution in [0.1, 0.15) is 64.7 Å². The van der Waals surface area contributed by atoms with E-state index >= 15 is 0 Å². The smallest absolute Gasteiger partial charge is 0.305 e. The van der Waals surface area contributed by atoms with Crippen LogP contribution in [0.15, 0.2) is 12.2 Å². The summed E-state index contributed by atoms with van der Waals surface area (Å²) in [6, 6.07) is 0. The molecule has 0 heterocycles. The van der Waals surface area contributed by atoms with Crippen molar-refractivity contribution in [2.75, 3.05) is 7.11 Å². The van der Waals surface area contributed by atoms with E-state index in [1.165, 1.54) is 7.11 Å². The Hall–Kier alpha value is -1.12. The Bertz CT molecular complexity index is 256. The molecule has 0 rings (SSSR count). The molecule has 0 aliphatic heterocycles. The molecule has 0 N–H and O–H groups in total. The van der Waals surface area contributed by atoms with Gasteiger partial charge >= 0.3 is 5.97 Å². The summed E-state index contributed by atoms with van der Waals surface area (Å²) >= 11 is 0. The van der Waals surface area contributed by atoms with E-state index in [1.807, 2.05) is 0 Å². The van der Waals surface area contributed by atoms with Gasteiger partial charge in [0.1, 0.15) is 5.78 Å². The molecule has 0 unspecified atom stereocenters. The summed E-state index contributed by atoms with van der Waals surface area (Å²) in [5.74, 6) is 0.182. The number of allylic oxidation sites excluding steroid dienone is 2. The fourth-order valence-electron chi connectivity index (χ4n) is 1.70. The first-order chi connectivity index (χ1) is 8.70. The van der Waals surface area contributed by atoms with E-state index in [2.05, 4.69) is 23.8 Å². The number of carbonyl (C=O) groups excluding carboxylic acids is 2. The van der Waals surface area contributed by atoms with Crippen LogP contribution in [-0.2, 0) is 14.3 Å². The van der Waals surface area contributed by atoms with Crippen LogP contribution in [0.4, 0.5) is 0 Å². The molecular formula is C15H26O3. The third-order valence-corrected chi connectivity index (χ3v) is 2.79. The van der Waals surface area contributed by atoms with Gasteiger partial charge in [-0.15, -0.1) is 0 Å². The van der Waals surface area contributed by atoms with Crippen molar-refractivity contribution in [1.82, 2.24) is 0 Å². The first-order valence-corrected chi connectivity index (χ1v) is 6.94. The molecule has 0 fully saturated rings. The first-order valence-electron chi connectivity index (χ1n) is 6.94. The summed E-state index contributed by atoms with van der Waals surface area (Å²) in [5, 5.41) is 0. The number of hydrogen-bond acceptors (Lipinski definition) is 3. The lowest BCUT2D eigenvalue weighted by Crippen LogP contribution is -2.00. The van der Waals surface area contributed by atoms with Crippen molar-refractivity contribution >= 4 is 11.8 Å². The number of methoxy groups -OCH3 is 1. The van der Waals surface area contributed by atoms with Gasteiger partial charge in [-0.1, -0.05) is 25.5 Å². The molecular weight excluding hydrogens is 228 g/mol. The number of unbranched alkanes of at least 4 members (excludes halogenated alkanes) is 3. The standard InChI is InChI=1S/C15H26O3/c1-3-4-5-6-8-11-14(16)12-9-7-10-13-15(17)18-2/h4-5H,3,6-13H2,1-2H3/b5-4+. The monoisotopic (exact) mass is 254 g/mol. The molecule has 0 aliphatic rings. The Kier molecular flexibility index (Phi) is 11.6. The van der Waals surface area contributed by atoms with Crippen LogP contribution in [0.2, 0.25) is 0 Å². The van der Waals surface area contributed by atoms with Crippen molar-refractivity contribution in [3.8, 4) is 0 Å². The average molecular weight is 254 g/mol. The second kappa shape index (κ2) is 12.3. The fraction of sp³-hybridized carbons (Fsp3) is 0.733. The predicted octanol–water partition coefficient (Wildman–Crippen LogP) is 3.82. The van der Waals surface area contributed by atoms with Gasteiger partial charge in [-0.05, 0) is 32.1 Å². The van der Waals surface area contributed by atoms with Crippen LogP contribution in [0, 0.1) is 0 Å². The van der Waals surface area contributed by atoms with Crippen molar-refractivity contribution in [3.05, 3.63) is 12.2 Å². The van der Waals surface area contributed by atoms with Crippen LogP contribution < -0.4 is 0 Å². The number of esters is 1. The van der Waals surface area contributed by atoms with E-state index in [9.17, 15) is 9.59 Å². The Morgan fingerprint density at radius 2 is 1.61 bits per heavy atom. The summed E-state index contributed by atoms with van der Waals surface area (Å²) in [6.07, 6.45) is 11.7. The van der Waals surface area contributed by atoms with Gasteiger partial charge in [0.2, 0.25) is 0 Å². The van der Waals surface area contributed by atoms with E-state index in [-0.39, 0.29) is 5.97 Å². The quantitative estimate of drug-likeness (QED) is 0.320. The molecule has 0 aromatic rings. The highest BCUT2D eigenvalue weighted by Crippen LogP contribution is 2.07. The summed E-state index contributed by atoms with van der Waals surface area (Å²) in [7, 11) is 1.40. The normalized spacial score (nSPS) is 10.8. The molecule has 0 saturated heterocycles. The molecule has 0 radical (unpaired) electrons. The van der Waals surface area contributed by atoms with E-state index in [0.717, 1.165) is 38.5 Å². The molecule has 0 atom stereocenters. The zero-order valence-electron chi connectivity index (χ0n) is 11.7. The van der Waals surface area contributed by atoms with E-state index in [1.54, 1.807) is 0 Å². The predicted molar refractivity (Wildman–Crippen MR) is 73.4 cm³/mol. The van der Waals surface area contributed by atoms with E-state index in [0.29, 0.717) is 25.0 Å². The molecule has 18 heavy (non-hydrogen) atoms. The Morgan fingerprint density at radius 3 is 2.28 bits per heavy atom. The highest BCUT2D eigenvalue weighted by molar-refractivity contribution is 5.78. The summed E-state index contributed by atoms with van der Waals surface area (Å²) in [5.41, 5.74) is 0. The summed E-state index contributed by atoms with van der Waals surface area (Å²) < 4.78 is 4.55. The van der Waals surface area contributed by atoms with Crippen molar-refractivity contribution in [1.29, 1.82) is 0 Å². The zero-order valence-corrected chi connectivity index (χ0v) is 11.7. The third-order valence-electron chi connectivity index (χ3n) is 2.79. The van der Waals surface area contributed by atoms with Crippen LogP contribution in [0.3, 0.4) is 0 Å². The zero-order chi connectivity index (χ0) is 13.6. The maximum Gasteiger partial charge on any atom is 0.305 e. The molecule has 0 aliphatic carbocycles. The van der Waals surface area contributed by atoms with Crippen molar-refractivity contribution in [2.24, 2.45) is 0 Å². The van der Waals surface area contributed by atoms with Crippen LogP contribution in [0.5, 0.6) is 0 Å². The molecule has 0 amide bonds. The van der Waals surface area contributed by atoms with Gasteiger partial charge in [0.25, 0.3) is 0 Å². The molecule has 0 spiro atoms. The van der Waals surface area contributed by atoms with Gasteiger partial charge in [-0.25, -0.2) is 0 Å². The average Bonchev–Trinajstić information content (AvgIpc) is 2.37. The minimum Gasteiger partial charge on any atom is -0.469 e. The Morgan fingerprint density at radius 1 is 0.944 bits per heavy atom. The lowest BCUT2D eigenvalue weighted by molar-refractivity contribution is -0.140. The maximum atomic E-state index is 11.5. The number of ether oxygens (including phenoxy) is 1. The number of hydrogen-bond donors (Lipinski definition) is 0. The minimum absolute atomic E-state index is 0.163. The largest absolute Gasteiger partial charge is 0.469 e. The van der Waals surface area contributed by atoms with Gasteiger partial charge < -0.3 is 4.74 Å². The number of carbonyl (C=O) groups is 2. The van der Waals surface area contributed by atoms with E-state index < -0.39 is 0 Å². The number of rotatable bonds is 11. The topological polar surface area (TPSA) is 43.4 Å². The number of ketones is 1. The second-order valence-corrected chi connectivity index (χ2v) is 4.45. The molecule has 0 aromatic heterocycles. The van der Waals surface area contributed by atoms with Gasteiger partial charge in [0, 0.05) is 19.3 Å². The maximum absolute atomic E-state index is 11.5. The molecule has 104 valence electrons. The number of Topliss-reactive ketones (excluding diaryl/α,β-unsaturated/α-hetero) is 1. The van der Waals surface area contributed by atoms with Crippen LogP contribution >= 0.6 is 0 Å². The molecule has 0 saturated carbocycles. The van der Waals surface area contributed by atoms with Gasteiger partial charge in [0.05, 0.1) is 7.11 Å². The molecule has 0 bridgehead atoms. The first kappa shape index (κ1) is 16.9.